The van der Waals surface area contributed by atoms with Gasteiger partial charge in [-0.15, -0.1) is 0 Å². The van der Waals surface area contributed by atoms with E-state index in [4.69, 9.17) is 16.3 Å². The van der Waals surface area contributed by atoms with Crippen LogP contribution in [0.5, 0.6) is 5.75 Å². The predicted octanol–water partition coefficient (Wildman–Crippen LogP) is 6.17. The summed E-state index contributed by atoms with van der Waals surface area (Å²) in [5.74, 6) is 1.28. The Labute approximate surface area is 220 Å². The van der Waals surface area contributed by atoms with Crippen molar-refractivity contribution in [2.45, 2.75) is 32.8 Å². The number of amides is 2. The summed E-state index contributed by atoms with van der Waals surface area (Å²) >= 11 is 5.82. The number of carbonyl (C=O) groups excluding carboxylic acids is 2. The lowest BCUT2D eigenvalue weighted by Gasteiger charge is -2.33. The lowest BCUT2D eigenvalue weighted by atomic mass is 9.93. The molecule has 5 rings (SSSR count). The number of ketones is 1. The number of piperidine rings is 1. The third-order valence-corrected chi connectivity index (χ3v) is 7.15. The second kappa shape index (κ2) is 10.4. The van der Waals surface area contributed by atoms with Gasteiger partial charge in [0.05, 0.1) is 17.9 Å². The summed E-state index contributed by atoms with van der Waals surface area (Å²) in [6, 6.07) is 13.3. The number of nitrogens with one attached hydrogen (secondary N) is 1. The summed E-state index contributed by atoms with van der Waals surface area (Å²) in [5.41, 5.74) is 2.49. The van der Waals surface area contributed by atoms with E-state index in [1.165, 1.54) is 12.1 Å². The Morgan fingerprint density at radius 1 is 1.08 bits per heavy atom. The summed E-state index contributed by atoms with van der Waals surface area (Å²) in [5, 5.41) is 2.88. The Hall–Kier alpha value is -3.65. The molecule has 2 aliphatic rings. The first-order valence-electron chi connectivity index (χ1n) is 12.3. The van der Waals surface area contributed by atoms with Crippen molar-refractivity contribution in [1.82, 2.24) is 4.98 Å². The van der Waals surface area contributed by atoms with Crippen LogP contribution in [0.2, 0.25) is 5.02 Å². The third-order valence-electron chi connectivity index (χ3n) is 6.91. The fraction of sp³-hybridized carbons (Fsp3) is 0.321. The van der Waals surface area contributed by atoms with Crippen molar-refractivity contribution in [2.24, 2.45) is 5.92 Å². The number of halogens is 2. The fourth-order valence-electron chi connectivity index (χ4n) is 4.85. The van der Waals surface area contributed by atoms with E-state index in [0.717, 1.165) is 48.9 Å². The molecule has 37 heavy (non-hydrogen) atoms. The van der Waals surface area contributed by atoms with Crippen LogP contribution in [0.3, 0.4) is 0 Å². The lowest BCUT2D eigenvalue weighted by molar-refractivity contribution is -0.121. The number of pyridine rings is 1. The molecule has 0 radical (unpaired) electrons. The molecule has 2 aromatic carbocycles. The molecule has 0 spiro atoms. The number of hydrogen-bond acceptors (Lipinski definition) is 5. The van der Waals surface area contributed by atoms with Crippen molar-refractivity contribution in [3.05, 3.63) is 65.6 Å². The number of benzene rings is 2. The van der Waals surface area contributed by atoms with Gasteiger partial charge in [0.1, 0.15) is 29.3 Å². The summed E-state index contributed by atoms with van der Waals surface area (Å²) in [6.45, 7) is 5.51. The lowest BCUT2D eigenvalue weighted by Crippen LogP contribution is -2.44. The van der Waals surface area contributed by atoms with Crippen molar-refractivity contribution in [2.75, 3.05) is 34.8 Å². The maximum atomic E-state index is 14.2. The van der Waals surface area contributed by atoms with Crippen LogP contribution >= 0.6 is 11.6 Å². The molecule has 2 amide bonds. The highest BCUT2D eigenvalue weighted by atomic mass is 35.5. The summed E-state index contributed by atoms with van der Waals surface area (Å²) in [6.07, 6.45) is 3.29. The molecule has 1 saturated heterocycles. The number of rotatable bonds is 4. The molecule has 7 nitrogen and oxygen atoms in total. The van der Waals surface area contributed by atoms with E-state index in [0.29, 0.717) is 18.0 Å². The molecule has 1 fully saturated rings. The first-order valence-corrected chi connectivity index (χ1v) is 12.7. The van der Waals surface area contributed by atoms with Crippen LogP contribution in [0.1, 0.15) is 26.7 Å². The number of anilines is 3. The minimum Gasteiger partial charge on any atom is -0.487 e. The van der Waals surface area contributed by atoms with E-state index >= 15 is 0 Å². The van der Waals surface area contributed by atoms with E-state index in [9.17, 15) is 14.0 Å². The van der Waals surface area contributed by atoms with Crippen LogP contribution < -0.4 is 19.9 Å². The van der Waals surface area contributed by atoms with Gasteiger partial charge in [-0.25, -0.2) is 14.2 Å². The zero-order valence-corrected chi connectivity index (χ0v) is 21.5. The Bertz CT molecular complexity index is 1330. The minimum absolute atomic E-state index is 0.0587. The van der Waals surface area contributed by atoms with Crippen molar-refractivity contribution in [3.8, 4) is 16.9 Å². The highest BCUT2D eigenvalue weighted by molar-refractivity contribution is 6.30. The second-order valence-electron chi connectivity index (χ2n) is 9.55. The number of aromatic nitrogens is 1. The van der Waals surface area contributed by atoms with E-state index in [1.807, 2.05) is 43.5 Å². The fourth-order valence-corrected chi connectivity index (χ4v) is 5.00. The number of nitrogens with zero attached hydrogens (tertiary/aromatic N) is 3. The van der Waals surface area contributed by atoms with E-state index in [1.54, 1.807) is 11.8 Å². The van der Waals surface area contributed by atoms with Gasteiger partial charge in [0.25, 0.3) is 0 Å². The Kier molecular flexibility index (Phi) is 7.02. The van der Waals surface area contributed by atoms with Gasteiger partial charge in [0.15, 0.2) is 0 Å². The number of urea groups is 1. The number of ether oxygens (including phenoxy) is 1. The monoisotopic (exact) mass is 522 g/mol. The van der Waals surface area contributed by atoms with Crippen molar-refractivity contribution < 1.29 is 18.7 Å². The smallest absolute Gasteiger partial charge is 0.326 e. The first kappa shape index (κ1) is 25.0. The average Bonchev–Trinajstić information content (AvgIpc) is 2.89. The van der Waals surface area contributed by atoms with Crippen LogP contribution in [0, 0.1) is 11.7 Å². The molecular weight excluding hydrogens is 495 g/mol. The van der Waals surface area contributed by atoms with Crippen LogP contribution in [0.4, 0.5) is 26.4 Å². The molecule has 3 heterocycles. The van der Waals surface area contributed by atoms with E-state index in [-0.39, 0.29) is 28.5 Å². The normalized spacial score (nSPS) is 17.7. The number of Topliss-reactive ketones (excluding diaryl/α,β-unsaturated/α-hetero) is 1. The van der Waals surface area contributed by atoms with Crippen molar-refractivity contribution >= 4 is 40.6 Å². The highest BCUT2D eigenvalue weighted by Crippen LogP contribution is 2.38. The minimum atomic E-state index is -0.600. The molecule has 0 saturated carbocycles. The Balaban J connectivity index is 1.32. The van der Waals surface area contributed by atoms with Gasteiger partial charge in [-0.2, -0.15) is 0 Å². The van der Waals surface area contributed by atoms with E-state index in [2.05, 4.69) is 15.2 Å². The Morgan fingerprint density at radius 3 is 2.51 bits per heavy atom. The zero-order valence-electron chi connectivity index (χ0n) is 20.7. The van der Waals surface area contributed by atoms with Gasteiger partial charge in [-0.05, 0) is 74.7 Å². The Morgan fingerprint density at radius 2 is 1.84 bits per heavy atom. The molecular formula is C28H28ClFN4O3. The largest absolute Gasteiger partial charge is 0.487 e. The van der Waals surface area contributed by atoms with Crippen LogP contribution in [0.15, 0.2) is 54.7 Å². The zero-order chi connectivity index (χ0) is 26.1. The quantitative estimate of drug-likeness (QED) is 0.444. The maximum absolute atomic E-state index is 14.2. The second-order valence-corrected chi connectivity index (χ2v) is 9.99. The van der Waals surface area contributed by atoms with E-state index < -0.39 is 11.8 Å². The van der Waals surface area contributed by atoms with Gasteiger partial charge in [0, 0.05) is 35.8 Å². The SMILES string of the molecule is CC(=O)C1CCN(c2ccc(-c3ccc4c(c3)OC(C)CN4C(=O)Nc3ccc(Cl)cc3F)cn2)CC1. The number of carbonyl (C=O) groups is 2. The topological polar surface area (TPSA) is 74.8 Å². The van der Waals surface area contributed by atoms with Gasteiger partial charge < -0.3 is 15.0 Å². The number of fused-ring (bicyclic) bond motifs is 1. The molecule has 1 aromatic heterocycles. The maximum Gasteiger partial charge on any atom is 0.326 e. The molecule has 1 unspecified atom stereocenters. The predicted molar refractivity (Wildman–Crippen MR) is 143 cm³/mol. The average molecular weight is 523 g/mol. The third kappa shape index (κ3) is 5.39. The molecule has 0 bridgehead atoms. The van der Waals surface area contributed by atoms with Gasteiger partial charge in [0.2, 0.25) is 0 Å². The summed E-state index contributed by atoms with van der Waals surface area (Å²) < 4.78 is 20.3. The molecule has 9 heteroatoms. The van der Waals surface area contributed by atoms with Gasteiger partial charge >= 0.3 is 6.03 Å². The van der Waals surface area contributed by atoms with Crippen molar-refractivity contribution in [1.29, 1.82) is 0 Å². The van der Waals surface area contributed by atoms with Gasteiger partial charge in [-0.1, -0.05) is 17.7 Å². The van der Waals surface area contributed by atoms with Crippen LogP contribution in [0.25, 0.3) is 11.1 Å². The van der Waals surface area contributed by atoms with Crippen LogP contribution in [-0.2, 0) is 4.79 Å². The molecule has 2 aliphatic heterocycles. The molecule has 1 atom stereocenters. The first-order chi connectivity index (χ1) is 17.8. The molecule has 0 aliphatic carbocycles. The van der Waals surface area contributed by atoms with Crippen molar-refractivity contribution in [3.63, 3.8) is 0 Å². The molecule has 1 N–H and O–H groups in total. The molecule has 192 valence electrons. The summed E-state index contributed by atoms with van der Waals surface area (Å²) in [7, 11) is 0. The van der Waals surface area contributed by atoms with Crippen LogP contribution in [-0.4, -0.2) is 42.5 Å². The number of hydrogen-bond donors (Lipinski definition) is 1. The standard InChI is InChI=1S/C28H28ClFN4O3/c1-17-16-34(28(36)32-24-6-5-22(29)14-23(24)30)25-7-3-20(13-26(25)37-17)21-4-8-27(31-15-21)33-11-9-19(10-12-33)18(2)35/h3-8,13-15,17,19H,9-12,16H2,1-2H3,(H,32,36). The highest BCUT2D eigenvalue weighted by Gasteiger charge is 2.29. The molecule has 3 aromatic rings. The van der Waals surface area contributed by atoms with Gasteiger partial charge in [-0.3, -0.25) is 9.69 Å². The summed E-state index contributed by atoms with van der Waals surface area (Å²) in [4.78, 5) is 33.1.